The standard InChI is InChI=1S/C9H8BrF4N/c1-15(2)7-4-5(9(12,13)14)3-6(10)8(7)11/h3-4H,1-2H3. The highest BCUT2D eigenvalue weighted by Crippen LogP contribution is 2.35. The van der Waals surface area contributed by atoms with Crippen LogP contribution in [0, 0.1) is 5.82 Å². The quantitative estimate of drug-likeness (QED) is 0.712. The molecule has 0 N–H and O–H groups in total. The SMILES string of the molecule is CN(C)c1cc(C(F)(F)F)cc(Br)c1F. The number of halogens is 5. The third-order valence-electron chi connectivity index (χ3n) is 1.82. The van der Waals surface area contributed by atoms with E-state index in [0.717, 1.165) is 12.1 Å². The van der Waals surface area contributed by atoms with Crippen LogP contribution in [0.5, 0.6) is 0 Å². The monoisotopic (exact) mass is 285 g/mol. The Morgan fingerprint density at radius 2 is 1.73 bits per heavy atom. The van der Waals surface area contributed by atoms with E-state index in [9.17, 15) is 17.6 Å². The molecule has 1 aromatic rings. The molecule has 0 radical (unpaired) electrons. The molecule has 0 amide bonds. The number of benzene rings is 1. The molecular weight excluding hydrogens is 278 g/mol. The van der Waals surface area contributed by atoms with Crippen molar-refractivity contribution in [3.05, 3.63) is 28.0 Å². The van der Waals surface area contributed by atoms with Gasteiger partial charge in [0.05, 0.1) is 15.7 Å². The average molecular weight is 286 g/mol. The van der Waals surface area contributed by atoms with Gasteiger partial charge in [-0.05, 0) is 28.1 Å². The largest absolute Gasteiger partial charge is 0.416 e. The van der Waals surface area contributed by atoms with Gasteiger partial charge in [-0.3, -0.25) is 0 Å². The molecule has 15 heavy (non-hydrogen) atoms. The van der Waals surface area contributed by atoms with Crippen LogP contribution < -0.4 is 4.90 Å². The molecular formula is C9H8BrF4N. The minimum Gasteiger partial charge on any atom is -0.375 e. The summed E-state index contributed by atoms with van der Waals surface area (Å²) in [7, 11) is 2.95. The van der Waals surface area contributed by atoms with Gasteiger partial charge in [-0.2, -0.15) is 13.2 Å². The fraction of sp³-hybridized carbons (Fsp3) is 0.333. The van der Waals surface area contributed by atoms with Gasteiger partial charge in [0.15, 0.2) is 5.82 Å². The predicted molar refractivity (Wildman–Crippen MR) is 53.4 cm³/mol. The van der Waals surface area contributed by atoms with Crippen molar-refractivity contribution >= 4 is 21.6 Å². The van der Waals surface area contributed by atoms with Gasteiger partial charge in [-0.15, -0.1) is 0 Å². The summed E-state index contributed by atoms with van der Waals surface area (Å²) >= 11 is 2.76. The van der Waals surface area contributed by atoms with Crippen molar-refractivity contribution in [3.8, 4) is 0 Å². The Morgan fingerprint density at radius 1 is 1.20 bits per heavy atom. The second kappa shape index (κ2) is 4.00. The predicted octanol–water partition coefficient (Wildman–Crippen LogP) is 3.67. The van der Waals surface area contributed by atoms with Gasteiger partial charge in [-0.25, -0.2) is 4.39 Å². The van der Waals surface area contributed by atoms with E-state index >= 15 is 0 Å². The molecule has 0 aliphatic carbocycles. The van der Waals surface area contributed by atoms with Crippen molar-refractivity contribution in [3.63, 3.8) is 0 Å². The van der Waals surface area contributed by atoms with Crippen LogP contribution in [0.25, 0.3) is 0 Å². The van der Waals surface area contributed by atoms with E-state index in [1.807, 2.05) is 0 Å². The summed E-state index contributed by atoms with van der Waals surface area (Å²) in [5, 5.41) is 0. The first-order chi connectivity index (χ1) is 6.73. The maximum atomic E-state index is 13.4. The molecule has 0 aliphatic heterocycles. The first-order valence-electron chi connectivity index (χ1n) is 3.97. The molecule has 0 aliphatic rings. The van der Waals surface area contributed by atoms with Crippen LogP contribution in [0.3, 0.4) is 0 Å². The van der Waals surface area contributed by atoms with Gasteiger partial charge in [0.2, 0.25) is 0 Å². The van der Waals surface area contributed by atoms with Gasteiger partial charge in [0.25, 0.3) is 0 Å². The van der Waals surface area contributed by atoms with E-state index in [1.165, 1.54) is 19.0 Å². The maximum Gasteiger partial charge on any atom is 0.416 e. The Labute approximate surface area is 92.8 Å². The van der Waals surface area contributed by atoms with Gasteiger partial charge >= 0.3 is 6.18 Å². The molecule has 0 spiro atoms. The molecule has 6 heteroatoms. The first-order valence-corrected chi connectivity index (χ1v) is 4.76. The van der Waals surface area contributed by atoms with E-state index in [-0.39, 0.29) is 10.2 Å². The highest BCUT2D eigenvalue weighted by Gasteiger charge is 2.32. The molecule has 1 aromatic carbocycles. The minimum absolute atomic E-state index is 0.100. The number of alkyl halides is 3. The summed E-state index contributed by atoms with van der Waals surface area (Å²) in [5.74, 6) is -0.701. The van der Waals surface area contributed by atoms with Crippen LogP contribution in [0.2, 0.25) is 0 Å². The summed E-state index contributed by atoms with van der Waals surface area (Å²) in [6.45, 7) is 0. The third-order valence-corrected chi connectivity index (χ3v) is 2.40. The number of nitrogens with zero attached hydrogens (tertiary/aromatic N) is 1. The highest BCUT2D eigenvalue weighted by atomic mass is 79.9. The molecule has 0 saturated carbocycles. The zero-order chi connectivity index (χ0) is 11.8. The molecule has 0 bridgehead atoms. The lowest BCUT2D eigenvalue weighted by Crippen LogP contribution is -2.14. The van der Waals surface area contributed by atoms with Crippen molar-refractivity contribution in [2.75, 3.05) is 19.0 Å². The topological polar surface area (TPSA) is 3.24 Å². The van der Waals surface area contributed by atoms with E-state index in [2.05, 4.69) is 15.9 Å². The van der Waals surface area contributed by atoms with E-state index in [4.69, 9.17) is 0 Å². The molecule has 1 nitrogen and oxygen atoms in total. The molecule has 84 valence electrons. The summed E-state index contributed by atoms with van der Waals surface area (Å²) in [6, 6.07) is 1.50. The van der Waals surface area contributed by atoms with Crippen LogP contribution in [0.1, 0.15) is 5.56 Å². The molecule has 0 aromatic heterocycles. The van der Waals surface area contributed by atoms with E-state index in [0.29, 0.717) is 0 Å². The number of anilines is 1. The average Bonchev–Trinajstić information content (AvgIpc) is 2.06. The summed E-state index contributed by atoms with van der Waals surface area (Å²) in [6.07, 6.45) is -4.47. The minimum atomic E-state index is -4.47. The lowest BCUT2D eigenvalue weighted by Gasteiger charge is -2.17. The fourth-order valence-electron chi connectivity index (χ4n) is 1.06. The lowest BCUT2D eigenvalue weighted by molar-refractivity contribution is -0.137. The second-order valence-electron chi connectivity index (χ2n) is 3.18. The van der Waals surface area contributed by atoms with Gasteiger partial charge in [-0.1, -0.05) is 0 Å². The summed E-state index contributed by atoms with van der Waals surface area (Å²) in [4.78, 5) is 1.29. The Morgan fingerprint density at radius 3 is 2.13 bits per heavy atom. The Balaban J connectivity index is 3.36. The van der Waals surface area contributed by atoms with Crippen LogP contribution in [-0.4, -0.2) is 14.1 Å². The molecule has 0 saturated heterocycles. The molecule has 0 fully saturated rings. The third kappa shape index (κ3) is 2.62. The molecule has 0 unspecified atom stereocenters. The summed E-state index contributed by atoms with van der Waals surface area (Å²) in [5.41, 5.74) is -0.976. The van der Waals surface area contributed by atoms with Crippen molar-refractivity contribution in [2.24, 2.45) is 0 Å². The smallest absolute Gasteiger partial charge is 0.375 e. The second-order valence-corrected chi connectivity index (χ2v) is 4.04. The molecule has 0 atom stereocenters. The lowest BCUT2D eigenvalue weighted by atomic mass is 10.2. The Bertz CT molecular complexity index is 373. The van der Waals surface area contributed by atoms with E-state index < -0.39 is 17.6 Å². The zero-order valence-corrected chi connectivity index (χ0v) is 9.58. The number of hydrogen-bond donors (Lipinski definition) is 0. The number of hydrogen-bond acceptors (Lipinski definition) is 1. The van der Waals surface area contributed by atoms with Gasteiger partial charge < -0.3 is 4.90 Å². The zero-order valence-electron chi connectivity index (χ0n) is 7.99. The van der Waals surface area contributed by atoms with Crippen LogP contribution in [-0.2, 0) is 6.18 Å². The number of rotatable bonds is 1. The van der Waals surface area contributed by atoms with Crippen LogP contribution >= 0.6 is 15.9 Å². The van der Waals surface area contributed by atoms with Crippen LogP contribution in [0.4, 0.5) is 23.2 Å². The highest BCUT2D eigenvalue weighted by molar-refractivity contribution is 9.10. The van der Waals surface area contributed by atoms with Crippen LogP contribution in [0.15, 0.2) is 16.6 Å². The maximum absolute atomic E-state index is 13.4. The fourth-order valence-corrected chi connectivity index (χ4v) is 1.51. The van der Waals surface area contributed by atoms with Crippen molar-refractivity contribution < 1.29 is 17.6 Å². The normalized spacial score (nSPS) is 11.7. The van der Waals surface area contributed by atoms with Crippen molar-refractivity contribution in [1.82, 2.24) is 0 Å². The van der Waals surface area contributed by atoms with Crippen molar-refractivity contribution in [2.45, 2.75) is 6.18 Å². The molecule has 0 heterocycles. The summed E-state index contributed by atoms with van der Waals surface area (Å²) < 4.78 is 50.3. The van der Waals surface area contributed by atoms with E-state index in [1.54, 1.807) is 0 Å². The Kier molecular flexibility index (Phi) is 3.28. The Hall–Kier alpha value is -0.780. The van der Waals surface area contributed by atoms with Crippen molar-refractivity contribution in [1.29, 1.82) is 0 Å². The molecule has 1 rings (SSSR count). The van der Waals surface area contributed by atoms with Gasteiger partial charge in [0.1, 0.15) is 0 Å². The van der Waals surface area contributed by atoms with Gasteiger partial charge in [0, 0.05) is 14.1 Å². The first kappa shape index (κ1) is 12.3.